The number of Topliss-reactive ketones (excluding diaryl/α,β-unsaturated/α-hetero) is 1. The van der Waals surface area contributed by atoms with Crippen LogP contribution in [0.5, 0.6) is 5.75 Å². The minimum Gasteiger partial charge on any atom is -0.497 e. The zero-order chi connectivity index (χ0) is 19.9. The van der Waals surface area contributed by atoms with Gasteiger partial charge in [-0.3, -0.25) is 9.59 Å². The number of ketones is 1. The van der Waals surface area contributed by atoms with Gasteiger partial charge in [0.2, 0.25) is 0 Å². The van der Waals surface area contributed by atoms with Crippen LogP contribution in [0, 0.1) is 6.92 Å². The molecule has 3 rings (SSSR count). The van der Waals surface area contributed by atoms with Crippen molar-refractivity contribution in [2.75, 3.05) is 18.2 Å². The van der Waals surface area contributed by atoms with Gasteiger partial charge in [-0.15, -0.1) is 11.8 Å². The number of methoxy groups -OCH3 is 1. The Labute approximate surface area is 168 Å². The van der Waals surface area contributed by atoms with Crippen LogP contribution in [-0.4, -0.2) is 24.6 Å². The highest BCUT2D eigenvalue weighted by molar-refractivity contribution is 8.00. The fourth-order valence-electron chi connectivity index (χ4n) is 2.55. The van der Waals surface area contributed by atoms with Crippen LogP contribution < -0.4 is 10.1 Å². The number of rotatable bonds is 7. The van der Waals surface area contributed by atoms with Crippen LogP contribution in [0.4, 0.5) is 5.69 Å². The molecule has 0 aliphatic heterocycles. The number of carbonyl (C=O) groups is 2. The standard InChI is InChI=1S/C23H21NO3S/c1-16-3-5-18(6-4-16)23(26)24-19-9-13-21(14-10-19)28-15-22(25)17-7-11-20(27-2)12-8-17/h3-14H,15H2,1-2H3,(H,24,26). The molecule has 0 fully saturated rings. The van der Waals surface area contributed by atoms with E-state index in [0.717, 1.165) is 21.9 Å². The molecule has 0 spiro atoms. The summed E-state index contributed by atoms with van der Waals surface area (Å²) in [4.78, 5) is 25.5. The summed E-state index contributed by atoms with van der Waals surface area (Å²) in [6, 6.07) is 22.0. The molecule has 0 aromatic heterocycles. The Balaban J connectivity index is 1.54. The summed E-state index contributed by atoms with van der Waals surface area (Å²) in [5, 5.41) is 2.88. The van der Waals surface area contributed by atoms with E-state index in [1.165, 1.54) is 11.8 Å². The first-order valence-corrected chi connectivity index (χ1v) is 9.82. The summed E-state index contributed by atoms with van der Waals surface area (Å²) in [6.07, 6.45) is 0. The maximum atomic E-state index is 12.3. The summed E-state index contributed by atoms with van der Waals surface area (Å²) in [5.41, 5.74) is 3.11. The molecule has 1 N–H and O–H groups in total. The third-order valence-corrected chi connectivity index (χ3v) is 5.22. The molecule has 0 heterocycles. The zero-order valence-corrected chi connectivity index (χ0v) is 16.6. The van der Waals surface area contributed by atoms with Gasteiger partial charge in [0.1, 0.15) is 5.75 Å². The van der Waals surface area contributed by atoms with Crippen molar-refractivity contribution in [3.8, 4) is 5.75 Å². The van der Waals surface area contributed by atoms with Crippen LogP contribution in [0.15, 0.2) is 77.7 Å². The van der Waals surface area contributed by atoms with E-state index in [0.29, 0.717) is 16.9 Å². The number of nitrogens with one attached hydrogen (secondary N) is 1. The van der Waals surface area contributed by atoms with E-state index in [1.807, 2.05) is 43.3 Å². The lowest BCUT2D eigenvalue weighted by Gasteiger charge is -2.07. The van der Waals surface area contributed by atoms with E-state index in [-0.39, 0.29) is 11.7 Å². The van der Waals surface area contributed by atoms with Gasteiger partial charge in [-0.25, -0.2) is 0 Å². The van der Waals surface area contributed by atoms with Crippen LogP contribution in [0.2, 0.25) is 0 Å². The quantitative estimate of drug-likeness (QED) is 0.442. The average Bonchev–Trinajstić information content (AvgIpc) is 2.73. The highest BCUT2D eigenvalue weighted by Crippen LogP contribution is 2.22. The molecule has 4 nitrogen and oxygen atoms in total. The minimum absolute atomic E-state index is 0.0596. The van der Waals surface area contributed by atoms with Crippen LogP contribution in [-0.2, 0) is 0 Å². The minimum atomic E-state index is -0.143. The van der Waals surface area contributed by atoms with E-state index in [2.05, 4.69) is 5.32 Å². The van der Waals surface area contributed by atoms with Crippen LogP contribution in [0.1, 0.15) is 26.3 Å². The van der Waals surface area contributed by atoms with Crippen molar-refractivity contribution in [2.24, 2.45) is 0 Å². The van der Waals surface area contributed by atoms with Crippen LogP contribution >= 0.6 is 11.8 Å². The number of amides is 1. The topological polar surface area (TPSA) is 55.4 Å². The van der Waals surface area contributed by atoms with E-state index >= 15 is 0 Å². The highest BCUT2D eigenvalue weighted by atomic mass is 32.2. The largest absolute Gasteiger partial charge is 0.497 e. The molecule has 142 valence electrons. The first-order valence-electron chi connectivity index (χ1n) is 8.83. The number of hydrogen-bond donors (Lipinski definition) is 1. The number of thioether (sulfide) groups is 1. The van der Waals surface area contributed by atoms with E-state index in [4.69, 9.17) is 4.74 Å². The Morgan fingerprint density at radius 1 is 0.857 bits per heavy atom. The van der Waals surface area contributed by atoms with Crippen LogP contribution in [0.25, 0.3) is 0 Å². The fraction of sp³-hybridized carbons (Fsp3) is 0.130. The lowest BCUT2D eigenvalue weighted by molar-refractivity contribution is 0.101. The molecule has 0 aliphatic carbocycles. The summed E-state index contributed by atoms with van der Waals surface area (Å²) < 4.78 is 5.10. The second-order valence-electron chi connectivity index (χ2n) is 6.28. The maximum Gasteiger partial charge on any atom is 0.255 e. The second kappa shape index (κ2) is 9.24. The SMILES string of the molecule is COc1ccc(C(=O)CSc2ccc(NC(=O)c3ccc(C)cc3)cc2)cc1. The van der Waals surface area contributed by atoms with Crippen LogP contribution in [0.3, 0.4) is 0 Å². The first-order chi connectivity index (χ1) is 13.5. The molecule has 3 aromatic rings. The van der Waals surface area contributed by atoms with Gasteiger partial charge >= 0.3 is 0 Å². The molecule has 0 saturated heterocycles. The summed E-state index contributed by atoms with van der Waals surface area (Å²) in [6.45, 7) is 1.98. The fourth-order valence-corrected chi connectivity index (χ4v) is 3.34. The molecule has 0 aliphatic rings. The Hall–Kier alpha value is -3.05. The normalized spacial score (nSPS) is 10.4. The van der Waals surface area contributed by atoms with Gasteiger partial charge in [0.15, 0.2) is 5.78 Å². The molecule has 0 radical (unpaired) electrons. The van der Waals surface area contributed by atoms with E-state index < -0.39 is 0 Å². The van der Waals surface area contributed by atoms with Crippen molar-refractivity contribution < 1.29 is 14.3 Å². The third-order valence-electron chi connectivity index (χ3n) is 4.21. The van der Waals surface area contributed by atoms with Crippen molar-refractivity contribution in [1.82, 2.24) is 0 Å². The molecular weight excluding hydrogens is 370 g/mol. The smallest absolute Gasteiger partial charge is 0.255 e. The van der Waals surface area contributed by atoms with Crippen molar-refractivity contribution in [3.05, 3.63) is 89.5 Å². The van der Waals surface area contributed by atoms with Gasteiger partial charge in [-0.1, -0.05) is 17.7 Å². The molecule has 1 amide bonds. The predicted molar refractivity (Wildman–Crippen MR) is 114 cm³/mol. The molecule has 0 unspecified atom stereocenters. The molecule has 5 heteroatoms. The van der Waals surface area contributed by atoms with Gasteiger partial charge in [0.25, 0.3) is 5.91 Å². The van der Waals surface area contributed by atoms with Crippen molar-refractivity contribution >= 4 is 29.1 Å². The number of ether oxygens (including phenoxy) is 1. The van der Waals surface area contributed by atoms with Gasteiger partial charge < -0.3 is 10.1 Å². The molecule has 3 aromatic carbocycles. The number of hydrogen-bond acceptors (Lipinski definition) is 4. The second-order valence-corrected chi connectivity index (χ2v) is 7.33. The maximum absolute atomic E-state index is 12.3. The third kappa shape index (κ3) is 5.24. The zero-order valence-electron chi connectivity index (χ0n) is 15.8. The van der Waals surface area contributed by atoms with Gasteiger partial charge in [0.05, 0.1) is 12.9 Å². The Bertz CT molecular complexity index is 949. The Kier molecular flexibility index (Phi) is 6.50. The molecule has 0 saturated carbocycles. The van der Waals surface area contributed by atoms with Crippen molar-refractivity contribution in [1.29, 1.82) is 0 Å². The number of anilines is 1. The Morgan fingerprint density at radius 3 is 2.07 bits per heavy atom. The number of benzene rings is 3. The van der Waals surface area contributed by atoms with Gasteiger partial charge in [-0.2, -0.15) is 0 Å². The first kappa shape index (κ1) is 19.7. The monoisotopic (exact) mass is 391 g/mol. The summed E-state index contributed by atoms with van der Waals surface area (Å²) >= 11 is 1.47. The van der Waals surface area contributed by atoms with Gasteiger partial charge in [-0.05, 0) is 67.6 Å². The van der Waals surface area contributed by atoms with Crippen molar-refractivity contribution in [3.63, 3.8) is 0 Å². The molecule has 28 heavy (non-hydrogen) atoms. The van der Waals surface area contributed by atoms with Crippen molar-refractivity contribution in [2.45, 2.75) is 11.8 Å². The molecule has 0 atom stereocenters. The van der Waals surface area contributed by atoms with E-state index in [9.17, 15) is 9.59 Å². The predicted octanol–water partition coefficient (Wildman–Crippen LogP) is 5.23. The van der Waals surface area contributed by atoms with E-state index in [1.54, 1.807) is 43.5 Å². The lowest BCUT2D eigenvalue weighted by atomic mass is 10.1. The lowest BCUT2D eigenvalue weighted by Crippen LogP contribution is -2.11. The average molecular weight is 391 g/mol. The van der Waals surface area contributed by atoms with Gasteiger partial charge in [0, 0.05) is 21.7 Å². The number of aryl methyl sites for hydroxylation is 1. The molecule has 0 bridgehead atoms. The summed E-state index contributed by atoms with van der Waals surface area (Å²) in [7, 11) is 1.60. The highest BCUT2D eigenvalue weighted by Gasteiger charge is 2.08. The number of carbonyl (C=O) groups excluding carboxylic acids is 2. The molecular formula is C23H21NO3S. The summed E-state index contributed by atoms with van der Waals surface area (Å²) in [5.74, 6) is 0.994. The Morgan fingerprint density at radius 2 is 1.46 bits per heavy atom.